The number of nitrogens with two attached hydrogens (primary N) is 1. The number of hydroxylamine groups is 1. The van der Waals surface area contributed by atoms with E-state index in [0.29, 0.717) is 13.0 Å². The summed E-state index contributed by atoms with van der Waals surface area (Å²) in [6.07, 6.45) is 0.307. The van der Waals surface area contributed by atoms with Crippen molar-refractivity contribution in [1.29, 1.82) is 0 Å². The highest BCUT2D eigenvalue weighted by molar-refractivity contribution is 7.89. The third kappa shape index (κ3) is 6.39. The van der Waals surface area contributed by atoms with Crippen molar-refractivity contribution in [2.45, 2.75) is 25.8 Å². The molecule has 5 N–H and O–H groups in total. The number of carbonyl (C=O) groups is 1. The van der Waals surface area contributed by atoms with Crippen LogP contribution in [-0.2, 0) is 14.8 Å². The lowest BCUT2D eigenvalue weighted by Crippen LogP contribution is -2.52. The molecule has 0 rings (SSSR count). The van der Waals surface area contributed by atoms with Gasteiger partial charge in [0.25, 0.3) is 5.91 Å². The van der Waals surface area contributed by atoms with Crippen LogP contribution in [0.1, 0.15) is 20.3 Å². The molecular formula is C7H17N3O4S. The van der Waals surface area contributed by atoms with Crippen molar-refractivity contribution in [2.75, 3.05) is 12.3 Å². The maximum absolute atomic E-state index is 11.1. The van der Waals surface area contributed by atoms with Crippen LogP contribution in [0.5, 0.6) is 0 Å². The van der Waals surface area contributed by atoms with Gasteiger partial charge in [-0.25, -0.2) is 19.0 Å². The molecule has 90 valence electrons. The number of hydrogen-bond acceptors (Lipinski definition) is 5. The van der Waals surface area contributed by atoms with E-state index in [1.165, 1.54) is 5.48 Å². The average molecular weight is 239 g/mol. The molecule has 0 atom stereocenters. The molecule has 0 radical (unpaired) electrons. The van der Waals surface area contributed by atoms with Gasteiger partial charge in [-0.2, -0.15) is 0 Å². The van der Waals surface area contributed by atoms with Crippen molar-refractivity contribution in [1.82, 2.24) is 10.8 Å². The van der Waals surface area contributed by atoms with Crippen molar-refractivity contribution in [2.24, 2.45) is 5.14 Å². The van der Waals surface area contributed by atoms with Crippen LogP contribution in [0.25, 0.3) is 0 Å². The summed E-state index contributed by atoms with van der Waals surface area (Å²) in [7, 11) is -3.46. The Morgan fingerprint density at radius 2 is 2.00 bits per heavy atom. The van der Waals surface area contributed by atoms with Crippen LogP contribution in [0, 0.1) is 0 Å². The van der Waals surface area contributed by atoms with Gasteiger partial charge in [-0.3, -0.25) is 10.0 Å². The predicted octanol–water partition coefficient (Wildman–Crippen LogP) is -1.46. The first kappa shape index (κ1) is 14.3. The lowest BCUT2D eigenvalue weighted by molar-refractivity contribution is -0.134. The first-order valence-corrected chi connectivity index (χ1v) is 6.10. The maximum atomic E-state index is 11.1. The summed E-state index contributed by atoms with van der Waals surface area (Å²) in [5.41, 5.74) is 0.567. The van der Waals surface area contributed by atoms with Crippen LogP contribution >= 0.6 is 0 Å². The van der Waals surface area contributed by atoms with Crippen molar-refractivity contribution in [3.63, 3.8) is 0 Å². The lowest BCUT2D eigenvalue weighted by Gasteiger charge is -2.23. The number of amides is 1. The molecule has 0 aromatic carbocycles. The third-order valence-electron chi connectivity index (χ3n) is 1.84. The van der Waals surface area contributed by atoms with E-state index < -0.39 is 21.5 Å². The van der Waals surface area contributed by atoms with E-state index in [1.54, 1.807) is 13.8 Å². The Labute approximate surface area is 89.0 Å². The number of rotatable bonds is 6. The molecule has 7 nitrogen and oxygen atoms in total. The molecule has 15 heavy (non-hydrogen) atoms. The molecule has 0 aliphatic heterocycles. The fraction of sp³-hybridized carbons (Fsp3) is 0.857. The minimum Gasteiger partial charge on any atom is -0.304 e. The van der Waals surface area contributed by atoms with Crippen molar-refractivity contribution >= 4 is 15.9 Å². The highest BCUT2D eigenvalue weighted by Crippen LogP contribution is 2.01. The quantitative estimate of drug-likeness (QED) is 0.256. The van der Waals surface area contributed by atoms with Crippen molar-refractivity contribution in [3.05, 3.63) is 0 Å². The molecule has 0 aliphatic carbocycles. The first-order chi connectivity index (χ1) is 6.69. The van der Waals surface area contributed by atoms with E-state index in [1.807, 2.05) is 0 Å². The van der Waals surface area contributed by atoms with Crippen LogP contribution in [-0.4, -0.2) is 37.4 Å². The van der Waals surface area contributed by atoms with E-state index in [9.17, 15) is 13.2 Å². The molecule has 0 aromatic heterocycles. The molecule has 0 aromatic rings. The fourth-order valence-electron chi connectivity index (χ4n) is 0.894. The number of carbonyl (C=O) groups excluding carboxylic acids is 1. The van der Waals surface area contributed by atoms with Crippen molar-refractivity contribution < 1.29 is 18.4 Å². The minimum absolute atomic E-state index is 0.142. The van der Waals surface area contributed by atoms with Gasteiger partial charge in [0.2, 0.25) is 10.0 Å². The zero-order valence-corrected chi connectivity index (χ0v) is 9.60. The summed E-state index contributed by atoms with van der Waals surface area (Å²) >= 11 is 0. The largest absolute Gasteiger partial charge is 0.304 e. The van der Waals surface area contributed by atoms with Gasteiger partial charge in [0, 0.05) is 0 Å². The Morgan fingerprint density at radius 1 is 1.47 bits per heavy atom. The average Bonchev–Trinajstić information content (AvgIpc) is 2.09. The van der Waals surface area contributed by atoms with E-state index in [4.69, 9.17) is 10.3 Å². The highest BCUT2D eigenvalue weighted by Gasteiger charge is 2.26. The first-order valence-electron chi connectivity index (χ1n) is 4.39. The minimum atomic E-state index is -3.46. The normalized spacial score (nSPS) is 12.5. The highest BCUT2D eigenvalue weighted by atomic mass is 32.2. The fourth-order valence-corrected chi connectivity index (χ4v) is 1.44. The summed E-state index contributed by atoms with van der Waals surface area (Å²) in [5, 5.41) is 16.0. The Kier molecular flexibility index (Phi) is 5.15. The molecule has 8 heteroatoms. The van der Waals surface area contributed by atoms with Crippen molar-refractivity contribution in [3.8, 4) is 0 Å². The van der Waals surface area contributed by atoms with E-state index in [2.05, 4.69) is 5.32 Å². The van der Waals surface area contributed by atoms with Gasteiger partial charge in [-0.15, -0.1) is 0 Å². The standard InChI is InChI=1S/C7H17N3O4S/c1-7(2,6(11)10-12)9-4-3-5-15(8,13)14/h9,12H,3-5H2,1-2H3,(H,10,11)(H2,8,13,14). The van der Waals surface area contributed by atoms with Gasteiger partial charge in [0.05, 0.1) is 11.3 Å². The van der Waals surface area contributed by atoms with E-state index in [-0.39, 0.29) is 5.75 Å². The second-order valence-corrected chi connectivity index (χ2v) is 5.45. The van der Waals surface area contributed by atoms with Gasteiger partial charge in [0.15, 0.2) is 0 Å². The number of sulfonamides is 1. The second kappa shape index (κ2) is 5.40. The summed E-state index contributed by atoms with van der Waals surface area (Å²) < 4.78 is 21.2. The zero-order valence-electron chi connectivity index (χ0n) is 8.78. The Morgan fingerprint density at radius 3 is 2.40 bits per heavy atom. The maximum Gasteiger partial charge on any atom is 0.263 e. The summed E-state index contributed by atoms with van der Waals surface area (Å²) in [6.45, 7) is 3.45. The number of hydrogen-bond donors (Lipinski definition) is 4. The Hall–Kier alpha value is -0.700. The predicted molar refractivity (Wildman–Crippen MR) is 54.6 cm³/mol. The molecular weight excluding hydrogens is 222 g/mol. The topological polar surface area (TPSA) is 122 Å². The Balaban J connectivity index is 3.91. The Bertz CT molecular complexity index is 312. The molecule has 0 bridgehead atoms. The van der Waals surface area contributed by atoms with Crippen LogP contribution in [0.2, 0.25) is 0 Å². The molecule has 0 saturated heterocycles. The smallest absolute Gasteiger partial charge is 0.263 e. The van der Waals surface area contributed by atoms with Crippen LogP contribution in [0.15, 0.2) is 0 Å². The summed E-state index contributed by atoms with van der Waals surface area (Å²) in [5.74, 6) is -0.727. The number of primary sulfonamides is 1. The van der Waals surface area contributed by atoms with Gasteiger partial charge in [-0.05, 0) is 26.8 Å². The molecule has 0 spiro atoms. The van der Waals surface area contributed by atoms with Crippen LogP contribution < -0.4 is 15.9 Å². The SMILES string of the molecule is CC(C)(NCCCS(N)(=O)=O)C(=O)NO. The summed E-state index contributed by atoms with van der Waals surface area (Å²) in [6, 6.07) is 0. The second-order valence-electron chi connectivity index (χ2n) is 3.71. The summed E-state index contributed by atoms with van der Waals surface area (Å²) in [4.78, 5) is 11.1. The monoisotopic (exact) mass is 239 g/mol. The molecule has 0 fully saturated rings. The molecule has 0 unspecified atom stereocenters. The van der Waals surface area contributed by atoms with Crippen LogP contribution in [0.4, 0.5) is 0 Å². The molecule has 0 saturated carbocycles. The third-order valence-corrected chi connectivity index (χ3v) is 2.70. The van der Waals surface area contributed by atoms with Gasteiger partial charge in [0.1, 0.15) is 0 Å². The van der Waals surface area contributed by atoms with Gasteiger partial charge in [-0.1, -0.05) is 0 Å². The molecule has 0 heterocycles. The van der Waals surface area contributed by atoms with Crippen LogP contribution in [0.3, 0.4) is 0 Å². The molecule has 0 aliphatic rings. The zero-order chi connectivity index (χ0) is 12.1. The molecule has 1 amide bonds. The lowest BCUT2D eigenvalue weighted by atomic mass is 10.1. The number of nitrogens with one attached hydrogen (secondary N) is 2. The van der Waals surface area contributed by atoms with E-state index >= 15 is 0 Å². The van der Waals surface area contributed by atoms with Gasteiger partial charge >= 0.3 is 0 Å². The van der Waals surface area contributed by atoms with E-state index in [0.717, 1.165) is 0 Å². The van der Waals surface area contributed by atoms with Gasteiger partial charge < -0.3 is 5.32 Å².